The van der Waals surface area contributed by atoms with E-state index < -0.39 is 0 Å². The number of rotatable bonds is 8. The van der Waals surface area contributed by atoms with Gasteiger partial charge in [-0.3, -0.25) is 14.5 Å². The Labute approximate surface area is 188 Å². The summed E-state index contributed by atoms with van der Waals surface area (Å²) in [5.74, 6) is 0.106. The van der Waals surface area contributed by atoms with E-state index in [2.05, 4.69) is 5.32 Å². The molecule has 0 atom stereocenters. The van der Waals surface area contributed by atoms with Crippen molar-refractivity contribution < 1.29 is 14.3 Å². The molecule has 162 valence electrons. The van der Waals surface area contributed by atoms with Crippen LogP contribution in [0.5, 0.6) is 5.75 Å². The average Bonchev–Trinajstić information content (AvgIpc) is 3.03. The maximum atomic E-state index is 13.4. The average molecular weight is 427 g/mol. The molecule has 2 amide bonds. The van der Waals surface area contributed by atoms with Gasteiger partial charge in [0.2, 0.25) is 0 Å². The van der Waals surface area contributed by atoms with E-state index in [1.54, 1.807) is 0 Å². The molecule has 1 N–H and O–H groups in total. The fraction of sp³-hybridized carbons (Fsp3) is 0.185. The molecule has 0 fully saturated rings. The second-order valence-electron chi connectivity index (χ2n) is 7.70. The van der Waals surface area contributed by atoms with Crippen LogP contribution in [0.3, 0.4) is 0 Å². The number of nitrogens with one attached hydrogen (secondary N) is 1. The summed E-state index contributed by atoms with van der Waals surface area (Å²) in [4.78, 5) is 28.1. The van der Waals surface area contributed by atoms with Crippen LogP contribution in [-0.2, 0) is 16.0 Å². The second kappa shape index (κ2) is 9.52. The molecule has 0 spiro atoms. The third kappa shape index (κ3) is 4.57. The van der Waals surface area contributed by atoms with E-state index >= 15 is 0 Å². The molecule has 5 nitrogen and oxygen atoms in total. The lowest BCUT2D eigenvalue weighted by Gasteiger charge is -2.15. The molecule has 0 radical (unpaired) electrons. The van der Waals surface area contributed by atoms with Crippen LogP contribution in [0.15, 0.2) is 84.6 Å². The molecule has 4 rings (SSSR count). The predicted octanol–water partition coefficient (Wildman–Crippen LogP) is 4.83. The first-order valence-corrected chi connectivity index (χ1v) is 10.8. The Kier molecular flexibility index (Phi) is 6.36. The third-order valence-corrected chi connectivity index (χ3v) is 5.39. The minimum absolute atomic E-state index is 0.279. The molecule has 0 saturated carbocycles. The standard InChI is InChI=1S/C27H26N2O3/c1-3-32-23-11-7-10-22(18-23)28-25-24(21-14-12-19(2)13-15-21)26(30)29(27(25)31)17-16-20-8-5-4-6-9-20/h4-15,18,28H,3,16-17H2,1-2H3. The van der Waals surface area contributed by atoms with Crippen LogP contribution in [0.1, 0.15) is 23.6 Å². The SMILES string of the molecule is CCOc1cccc(NC2=C(c3ccc(C)cc3)C(=O)N(CCc3ccccc3)C2=O)c1. The van der Waals surface area contributed by atoms with Gasteiger partial charge in [0.1, 0.15) is 11.4 Å². The molecule has 0 bridgehead atoms. The van der Waals surface area contributed by atoms with Crippen molar-refractivity contribution >= 4 is 23.1 Å². The number of anilines is 1. The van der Waals surface area contributed by atoms with Crippen molar-refractivity contribution in [3.63, 3.8) is 0 Å². The molecular formula is C27H26N2O3. The number of aryl methyl sites for hydroxylation is 1. The minimum atomic E-state index is -0.316. The van der Waals surface area contributed by atoms with Gasteiger partial charge in [-0.25, -0.2) is 0 Å². The Morgan fingerprint density at radius 1 is 0.875 bits per heavy atom. The van der Waals surface area contributed by atoms with Gasteiger partial charge in [-0.05, 0) is 43.5 Å². The molecule has 1 heterocycles. The molecule has 5 heteroatoms. The number of carbonyl (C=O) groups is 2. The predicted molar refractivity (Wildman–Crippen MR) is 126 cm³/mol. The summed E-state index contributed by atoms with van der Waals surface area (Å²) in [7, 11) is 0. The molecule has 1 aliphatic heterocycles. The topological polar surface area (TPSA) is 58.6 Å². The Hall–Kier alpha value is -3.86. The van der Waals surface area contributed by atoms with Crippen LogP contribution in [0, 0.1) is 6.92 Å². The highest BCUT2D eigenvalue weighted by molar-refractivity contribution is 6.36. The quantitative estimate of drug-likeness (QED) is 0.524. The Balaban J connectivity index is 1.66. The lowest BCUT2D eigenvalue weighted by atomic mass is 10.0. The largest absolute Gasteiger partial charge is 0.494 e. The number of hydrogen-bond acceptors (Lipinski definition) is 4. The molecule has 1 aliphatic rings. The molecule has 3 aromatic rings. The highest BCUT2D eigenvalue weighted by Crippen LogP contribution is 2.31. The van der Waals surface area contributed by atoms with Gasteiger partial charge in [0, 0.05) is 18.3 Å². The summed E-state index contributed by atoms with van der Waals surface area (Å²) in [6, 6.07) is 24.9. The van der Waals surface area contributed by atoms with Crippen molar-refractivity contribution in [2.24, 2.45) is 0 Å². The Bertz CT molecular complexity index is 1150. The molecular weight excluding hydrogens is 400 g/mol. The van der Waals surface area contributed by atoms with Crippen molar-refractivity contribution in [1.82, 2.24) is 4.90 Å². The molecule has 0 unspecified atom stereocenters. The van der Waals surface area contributed by atoms with E-state index in [0.717, 1.165) is 16.7 Å². The zero-order chi connectivity index (χ0) is 22.5. The van der Waals surface area contributed by atoms with Crippen LogP contribution in [0.25, 0.3) is 5.57 Å². The molecule has 0 saturated heterocycles. The van der Waals surface area contributed by atoms with Gasteiger partial charge >= 0.3 is 0 Å². The maximum Gasteiger partial charge on any atom is 0.278 e. The summed E-state index contributed by atoms with van der Waals surface area (Å²) < 4.78 is 5.57. The smallest absolute Gasteiger partial charge is 0.278 e. The van der Waals surface area contributed by atoms with Gasteiger partial charge in [0.15, 0.2) is 0 Å². The first kappa shape index (κ1) is 21.4. The van der Waals surface area contributed by atoms with E-state index in [-0.39, 0.29) is 11.8 Å². The van der Waals surface area contributed by atoms with Gasteiger partial charge in [0.05, 0.1) is 12.2 Å². The van der Waals surface area contributed by atoms with E-state index in [1.165, 1.54) is 4.90 Å². The van der Waals surface area contributed by atoms with Crippen molar-refractivity contribution in [1.29, 1.82) is 0 Å². The lowest BCUT2D eigenvalue weighted by molar-refractivity contribution is -0.136. The van der Waals surface area contributed by atoms with Crippen LogP contribution in [0.2, 0.25) is 0 Å². The monoisotopic (exact) mass is 426 g/mol. The third-order valence-electron chi connectivity index (χ3n) is 5.39. The Morgan fingerprint density at radius 2 is 1.62 bits per heavy atom. The van der Waals surface area contributed by atoms with Gasteiger partial charge in [-0.15, -0.1) is 0 Å². The molecule has 3 aromatic carbocycles. The number of amides is 2. The number of benzene rings is 3. The van der Waals surface area contributed by atoms with Crippen LogP contribution in [0.4, 0.5) is 5.69 Å². The first-order valence-electron chi connectivity index (χ1n) is 10.8. The highest BCUT2D eigenvalue weighted by atomic mass is 16.5. The normalized spacial score (nSPS) is 13.6. The van der Waals surface area contributed by atoms with Gasteiger partial charge in [0.25, 0.3) is 11.8 Å². The van der Waals surface area contributed by atoms with Gasteiger partial charge < -0.3 is 10.1 Å². The highest BCUT2D eigenvalue weighted by Gasteiger charge is 2.38. The fourth-order valence-corrected chi connectivity index (χ4v) is 3.74. The molecule has 32 heavy (non-hydrogen) atoms. The van der Waals surface area contributed by atoms with Crippen molar-refractivity contribution in [3.05, 3.63) is 101 Å². The lowest BCUT2D eigenvalue weighted by Crippen LogP contribution is -2.34. The van der Waals surface area contributed by atoms with Crippen LogP contribution in [-0.4, -0.2) is 29.9 Å². The van der Waals surface area contributed by atoms with Crippen LogP contribution >= 0.6 is 0 Å². The minimum Gasteiger partial charge on any atom is -0.494 e. The summed E-state index contributed by atoms with van der Waals surface area (Å²) in [5.41, 5.74) is 4.27. The zero-order valence-electron chi connectivity index (χ0n) is 18.3. The number of hydrogen-bond donors (Lipinski definition) is 1. The Morgan fingerprint density at radius 3 is 2.34 bits per heavy atom. The first-order chi connectivity index (χ1) is 15.6. The van der Waals surface area contributed by atoms with Crippen molar-refractivity contribution in [2.45, 2.75) is 20.3 Å². The van der Waals surface area contributed by atoms with E-state index in [9.17, 15) is 9.59 Å². The van der Waals surface area contributed by atoms with E-state index in [4.69, 9.17) is 4.74 Å². The molecule has 0 aromatic heterocycles. The van der Waals surface area contributed by atoms with Crippen LogP contribution < -0.4 is 10.1 Å². The van der Waals surface area contributed by atoms with Gasteiger partial charge in [-0.2, -0.15) is 0 Å². The summed E-state index contributed by atoms with van der Waals surface area (Å²) in [6.07, 6.45) is 0.604. The van der Waals surface area contributed by atoms with E-state index in [0.29, 0.717) is 42.3 Å². The number of carbonyl (C=O) groups excluding carboxylic acids is 2. The summed E-state index contributed by atoms with van der Waals surface area (Å²) in [5, 5.41) is 3.20. The second-order valence-corrected chi connectivity index (χ2v) is 7.70. The fourth-order valence-electron chi connectivity index (χ4n) is 3.74. The van der Waals surface area contributed by atoms with Crippen molar-refractivity contribution in [3.8, 4) is 5.75 Å². The number of ether oxygens (including phenoxy) is 1. The van der Waals surface area contributed by atoms with E-state index in [1.807, 2.05) is 92.7 Å². The molecule has 0 aliphatic carbocycles. The summed E-state index contributed by atoms with van der Waals surface area (Å²) in [6.45, 7) is 4.78. The number of imide groups is 1. The maximum absolute atomic E-state index is 13.4. The summed E-state index contributed by atoms with van der Waals surface area (Å²) >= 11 is 0. The zero-order valence-corrected chi connectivity index (χ0v) is 18.3. The van der Waals surface area contributed by atoms with Crippen molar-refractivity contribution in [2.75, 3.05) is 18.5 Å². The van der Waals surface area contributed by atoms with Gasteiger partial charge in [-0.1, -0.05) is 66.2 Å². The number of nitrogens with zero attached hydrogens (tertiary/aromatic N) is 1.